The number of sulfonamides is 1. The van der Waals surface area contributed by atoms with Crippen molar-refractivity contribution in [1.29, 1.82) is 5.41 Å². The molecule has 0 aliphatic carbocycles. The Bertz CT molecular complexity index is 1620. The zero-order valence-corrected chi connectivity index (χ0v) is 19.4. The number of rotatable bonds is 5. The maximum absolute atomic E-state index is 12.8. The predicted octanol–water partition coefficient (Wildman–Crippen LogP) is 3.36. The second-order valence-electron chi connectivity index (χ2n) is 8.30. The van der Waals surface area contributed by atoms with Crippen LogP contribution in [0.3, 0.4) is 0 Å². The van der Waals surface area contributed by atoms with Crippen LogP contribution in [0.2, 0.25) is 0 Å². The number of amides is 1. The standard InChI is InChI=1S/C26H22N4O4S/c27-26(28)19-8-7-17-6-5-16(11-20(17)12-19)14-30-22-10-9-18(13-23(22)34-15-25(30)31)21-3-1-2-4-24(21)35(29,32)33/h1-13H,14-15H2,(H3,27,28)(H2,29,32,33). The van der Waals surface area contributed by atoms with Crippen molar-refractivity contribution < 1.29 is 17.9 Å². The molecule has 4 aromatic carbocycles. The Morgan fingerprint density at radius 3 is 2.51 bits per heavy atom. The van der Waals surface area contributed by atoms with Crippen molar-refractivity contribution in [3.05, 3.63) is 90.0 Å². The summed E-state index contributed by atoms with van der Waals surface area (Å²) in [5.74, 6) is 0.285. The molecule has 0 saturated heterocycles. The number of carbonyl (C=O) groups is 1. The fourth-order valence-electron chi connectivity index (χ4n) is 4.24. The highest BCUT2D eigenvalue weighted by Crippen LogP contribution is 2.38. The molecular formula is C26H22N4O4S. The molecule has 4 aromatic rings. The molecular weight excluding hydrogens is 464 g/mol. The monoisotopic (exact) mass is 486 g/mol. The number of hydrogen-bond acceptors (Lipinski definition) is 5. The lowest BCUT2D eigenvalue weighted by Crippen LogP contribution is -2.38. The van der Waals surface area contributed by atoms with Gasteiger partial charge in [-0.3, -0.25) is 10.2 Å². The number of anilines is 1. The molecule has 1 amide bonds. The Balaban J connectivity index is 1.51. The Labute approximate surface area is 202 Å². The lowest BCUT2D eigenvalue weighted by Gasteiger charge is -2.30. The molecule has 0 unspecified atom stereocenters. The van der Waals surface area contributed by atoms with Crippen LogP contribution in [0.5, 0.6) is 5.75 Å². The topological polar surface area (TPSA) is 140 Å². The molecule has 1 heterocycles. The van der Waals surface area contributed by atoms with Gasteiger partial charge in [0.05, 0.1) is 17.1 Å². The van der Waals surface area contributed by atoms with Gasteiger partial charge in [0.2, 0.25) is 10.0 Å². The molecule has 35 heavy (non-hydrogen) atoms. The third-order valence-electron chi connectivity index (χ3n) is 5.96. The molecule has 5 rings (SSSR count). The minimum Gasteiger partial charge on any atom is -0.482 e. The highest BCUT2D eigenvalue weighted by Gasteiger charge is 2.27. The van der Waals surface area contributed by atoms with Crippen LogP contribution in [0.15, 0.2) is 83.8 Å². The van der Waals surface area contributed by atoms with Crippen LogP contribution in [0.1, 0.15) is 11.1 Å². The zero-order chi connectivity index (χ0) is 24.7. The van der Waals surface area contributed by atoms with Gasteiger partial charge in [-0.15, -0.1) is 0 Å². The second-order valence-corrected chi connectivity index (χ2v) is 9.83. The van der Waals surface area contributed by atoms with E-state index in [1.165, 1.54) is 6.07 Å². The van der Waals surface area contributed by atoms with Gasteiger partial charge in [-0.2, -0.15) is 0 Å². The van der Waals surface area contributed by atoms with Gasteiger partial charge in [0.25, 0.3) is 5.91 Å². The van der Waals surface area contributed by atoms with Crippen molar-refractivity contribution in [2.24, 2.45) is 10.9 Å². The quantitative estimate of drug-likeness (QED) is 0.293. The van der Waals surface area contributed by atoms with Gasteiger partial charge >= 0.3 is 0 Å². The van der Waals surface area contributed by atoms with E-state index in [-0.39, 0.29) is 23.2 Å². The molecule has 8 nitrogen and oxygen atoms in total. The van der Waals surface area contributed by atoms with Crippen molar-refractivity contribution in [3.8, 4) is 16.9 Å². The first kappa shape index (κ1) is 22.6. The second kappa shape index (κ2) is 8.53. The molecule has 0 spiro atoms. The molecule has 0 atom stereocenters. The summed E-state index contributed by atoms with van der Waals surface area (Å²) < 4.78 is 29.8. The summed E-state index contributed by atoms with van der Waals surface area (Å²) in [7, 11) is -3.92. The number of nitrogen functional groups attached to an aromatic ring is 1. The average Bonchev–Trinajstić information content (AvgIpc) is 2.84. The fraction of sp³-hybridized carbons (Fsp3) is 0.0769. The molecule has 0 radical (unpaired) electrons. The molecule has 176 valence electrons. The Morgan fingerprint density at radius 2 is 1.74 bits per heavy atom. The summed E-state index contributed by atoms with van der Waals surface area (Å²) in [6.07, 6.45) is 0. The van der Waals surface area contributed by atoms with Crippen molar-refractivity contribution in [3.63, 3.8) is 0 Å². The summed E-state index contributed by atoms with van der Waals surface area (Å²) in [5, 5.41) is 15.0. The van der Waals surface area contributed by atoms with Crippen LogP contribution < -0.4 is 20.5 Å². The van der Waals surface area contributed by atoms with Gasteiger partial charge in [0.1, 0.15) is 11.6 Å². The molecule has 5 N–H and O–H groups in total. The van der Waals surface area contributed by atoms with Crippen molar-refractivity contribution in [2.75, 3.05) is 11.5 Å². The molecule has 0 bridgehead atoms. The molecule has 1 aliphatic rings. The minimum absolute atomic E-state index is 0.00518. The van der Waals surface area contributed by atoms with Crippen LogP contribution in [0.25, 0.3) is 21.9 Å². The van der Waals surface area contributed by atoms with E-state index in [2.05, 4.69) is 0 Å². The first-order valence-electron chi connectivity index (χ1n) is 10.8. The Kier molecular flexibility index (Phi) is 5.50. The smallest absolute Gasteiger partial charge is 0.265 e. The number of nitrogens with one attached hydrogen (secondary N) is 1. The largest absolute Gasteiger partial charge is 0.482 e. The van der Waals surface area contributed by atoms with Gasteiger partial charge in [-0.1, -0.05) is 48.5 Å². The van der Waals surface area contributed by atoms with E-state index in [0.29, 0.717) is 34.7 Å². The van der Waals surface area contributed by atoms with Crippen LogP contribution in [0.4, 0.5) is 5.69 Å². The predicted molar refractivity (Wildman–Crippen MR) is 135 cm³/mol. The average molecular weight is 487 g/mol. The number of nitrogens with two attached hydrogens (primary N) is 2. The maximum Gasteiger partial charge on any atom is 0.265 e. The van der Waals surface area contributed by atoms with Gasteiger partial charge in [-0.05, 0) is 52.2 Å². The van der Waals surface area contributed by atoms with Crippen LogP contribution in [-0.4, -0.2) is 26.8 Å². The van der Waals surface area contributed by atoms with E-state index in [4.69, 9.17) is 21.0 Å². The third-order valence-corrected chi connectivity index (χ3v) is 6.93. The maximum atomic E-state index is 12.8. The number of carbonyl (C=O) groups excluding carboxylic acids is 1. The number of fused-ring (bicyclic) bond motifs is 2. The summed E-state index contributed by atoms with van der Waals surface area (Å²) in [6.45, 7) is 0.192. The van der Waals surface area contributed by atoms with Gasteiger partial charge in [0.15, 0.2) is 6.61 Å². The minimum atomic E-state index is -3.92. The number of primary sulfonamides is 1. The van der Waals surface area contributed by atoms with E-state index >= 15 is 0 Å². The third kappa shape index (κ3) is 4.34. The SMILES string of the molecule is N=C(N)c1ccc2ccc(CN3C(=O)COc4cc(-c5ccccc5S(N)(=O)=O)ccc43)cc2c1. The van der Waals surface area contributed by atoms with Gasteiger partial charge in [-0.25, -0.2) is 13.6 Å². The van der Waals surface area contributed by atoms with Gasteiger partial charge in [0, 0.05) is 11.1 Å². The summed E-state index contributed by atoms with van der Waals surface area (Å²) >= 11 is 0. The van der Waals surface area contributed by atoms with Crippen molar-refractivity contribution in [2.45, 2.75) is 11.4 Å². The van der Waals surface area contributed by atoms with Crippen molar-refractivity contribution >= 4 is 38.2 Å². The number of benzene rings is 4. The summed E-state index contributed by atoms with van der Waals surface area (Å²) in [4.78, 5) is 14.4. The highest BCUT2D eigenvalue weighted by molar-refractivity contribution is 7.89. The lowest BCUT2D eigenvalue weighted by atomic mass is 10.0. The number of hydrogen-bond donors (Lipinski definition) is 3. The fourth-order valence-corrected chi connectivity index (χ4v) is 5.00. The Morgan fingerprint density at radius 1 is 0.971 bits per heavy atom. The van der Waals surface area contributed by atoms with E-state index < -0.39 is 10.0 Å². The van der Waals surface area contributed by atoms with Crippen LogP contribution in [0, 0.1) is 5.41 Å². The highest BCUT2D eigenvalue weighted by atomic mass is 32.2. The summed E-state index contributed by atoms with van der Waals surface area (Å²) in [5.41, 5.74) is 8.83. The lowest BCUT2D eigenvalue weighted by molar-refractivity contribution is -0.121. The number of nitrogens with zero attached hydrogens (tertiary/aromatic N) is 1. The first-order chi connectivity index (χ1) is 16.7. The zero-order valence-electron chi connectivity index (χ0n) is 18.6. The Hall–Kier alpha value is -4.21. The normalized spacial score (nSPS) is 13.4. The van der Waals surface area contributed by atoms with Gasteiger partial charge < -0.3 is 15.4 Å². The number of ether oxygens (including phenoxy) is 1. The van der Waals surface area contributed by atoms with Crippen LogP contribution >= 0.6 is 0 Å². The van der Waals surface area contributed by atoms with E-state index in [0.717, 1.165) is 16.3 Å². The number of amidine groups is 1. The van der Waals surface area contributed by atoms with Crippen LogP contribution in [-0.2, 0) is 21.4 Å². The first-order valence-corrected chi connectivity index (χ1v) is 12.3. The molecule has 9 heteroatoms. The van der Waals surface area contributed by atoms with E-state index in [1.807, 2.05) is 30.3 Å². The molecule has 0 aromatic heterocycles. The molecule has 0 fully saturated rings. The van der Waals surface area contributed by atoms with E-state index in [9.17, 15) is 13.2 Å². The van der Waals surface area contributed by atoms with Crippen molar-refractivity contribution in [1.82, 2.24) is 0 Å². The molecule has 1 aliphatic heterocycles. The summed E-state index contributed by atoms with van der Waals surface area (Å²) in [6, 6.07) is 23.2. The molecule has 0 saturated carbocycles. The van der Waals surface area contributed by atoms with E-state index in [1.54, 1.807) is 47.4 Å².